The van der Waals surface area contributed by atoms with E-state index < -0.39 is 5.91 Å². The highest BCUT2D eigenvalue weighted by Crippen LogP contribution is 2.38. The largest absolute Gasteiger partial charge is 0.358 e. The highest BCUT2D eigenvalue weighted by Gasteiger charge is 2.35. The lowest BCUT2D eigenvalue weighted by Gasteiger charge is -2.22. The summed E-state index contributed by atoms with van der Waals surface area (Å²) in [6, 6.07) is 7.46. The molecule has 2 aliphatic rings. The predicted molar refractivity (Wildman–Crippen MR) is 102 cm³/mol. The fourth-order valence-corrected chi connectivity index (χ4v) is 3.90. The molecular weight excluding hydrogens is 350 g/mol. The molecule has 7 nitrogen and oxygen atoms in total. The van der Waals surface area contributed by atoms with Gasteiger partial charge in [0, 0.05) is 11.4 Å². The highest BCUT2D eigenvalue weighted by molar-refractivity contribution is 7.80. The zero-order valence-corrected chi connectivity index (χ0v) is 14.8. The summed E-state index contributed by atoms with van der Waals surface area (Å²) in [6.07, 6.45) is 8.29. The zero-order valence-electron chi connectivity index (χ0n) is 14.0. The van der Waals surface area contributed by atoms with Gasteiger partial charge < -0.3 is 5.32 Å². The number of carbonyl (C=O) groups is 1. The number of carbonyl (C=O) groups excluding carboxylic acids is 1. The van der Waals surface area contributed by atoms with Crippen LogP contribution in [0.4, 0.5) is 0 Å². The first kappa shape index (κ1) is 16.7. The number of hydrogen-bond donors (Lipinski definition) is 3. The van der Waals surface area contributed by atoms with Crippen LogP contribution >= 0.6 is 12.2 Å². The average Bonchev–Trinajstić information content (AvgIpc) is 3.26. The Morgan fingerprint density at radius 3 is 2.85 bits per heavy atom. The molecule has 2 bridgehead atoms. The Kier molecular flexibility index (Phi) is 4.42. The molecule has 8 heteroatoms. The molecule has 0 saturated heterocycles. The van der Waals surface area contributed by atoms with Crippen molar-refractivity contribution >= 4 is 34.0 Å². The third-order valence-corrected chi connectivity index (χ3v) is 5.19. The number of allylic oxidation sites excluding steroid dienone is 1. The number of aromatic nitrogens is 2. The van der Waals surface area contributed by atoms with Crippen molar-refractivity contribution in [2.75, 3.05) is 0 Å². The molecule has 2 aliphatic carbocycles. The van der Waals surface area contributed by atoms with E-state index in [0.29, 0.717) is 28.4 Å². The topological polar surface area (TPSA) is 88.0 Å². The molecule has 0 aliphatic heterocycles. The second kappa shape index (κ2) is 6.87. The number of amides is 1. The molecule has 1 saturated carbocycles. The van der Waals surface area contributed by atoms with Gasteiger partial charge in [0.15, 0.2) is 5.11 Å². The molecule has 0 unspecified atom stereocenters. The summed E-state index contributed by atoms with van der Waals surface area (Å²) in [4.78, 5) is 24.5. The van der Waals surface area contributed by atoms with Crippen molar-refractivity contribution in [2.24, 2.45) is 11.8 Å². The summed E-state index contributed by atoms with van der Waals surface area (Å²) in [5.41, 5.74) is 4.91. The van der Waals surface area contributed by atoms with Crippen molar-refractivity contribution in [3.8, 4) is 0 Å². The predicted octanol–water partition coefficient (Wildman–Crippen LogP) is 0.856. The smallest absolute Gasteiger partial charge is 0.275 e. The first-order valence-corrected chi connectivity index (χ1v) is 8.99. The standard InChI is InChI=1S/C18H19N5O2S/c24-16(10-23-17(25)14-4-2-1-3-13(14)9-19-23)21-22-18(26)20-15-8-11-5-6-12(15)7-11/h1-6,9,11-12,15H,7-8,10H2,(H,21,24)(H2,20,22,26)/t11-,12+,15-/m0/s1. The molecule has 3 atom stereocenters. The van der Waals surface area contributed by atoms with Crippen LogP contribution in [0.2, 0.25) is 0 Å². The molecule has 3 N–H and O–H groups in total. The third-order valence-electron chi connectivity index (χ3n) is 4.97. The van der Waals surface area contributed by atoms with E-state index in [4.69, 9.17) is 12.2 Å². The number of benzene rings is 1. The fraction of sp³-hybridized carbons (Fsp3) is 0.333. The maximum atomic E-state index is 12.4. The van der Waals surface area contributed by atoms with Crippen LogP contribution in [0.3, 0.4) is 0 Å². The Bertz CT molecular complexity index is 954. The Hall–Kier alpha value is -2.74. The number of nitrogens with zero attached hydrogens (tertiary/aromatic N) is 2. The molecule has 0 radical (unpaired) electrons. The van der Waals surface area contributed by atoms with E-state index in [1.807, 2.05) is 12.1 Å². The molecule has 4 rings (SSSR count). The number of hydrazine groups is 1. The first-order valence-electron chi connectivity index (χ1n) is 8.58. The van der Waals surface area contributed by atoms with E-state index in [2.05, 4.69) is 33.4 Å². The number of fused-ring (bicyclic) bond motifs is 3. The number of hydrogen-bond acceptors (Lipinski definition) is 4. The fourth-order valence-electron chi connectivity index (χ4n) is 3.69. The van der Waals surface area contributed by atoms with Crippen molar-refractivity contribution in [1.29, 1.82) is 0 Å². The van der Waals surface area contributed by atoms with Crippen molar-refractivity contribution < 1.29 is 4.79 Å². The second-order valence-corrected chi connectivity index (χ2v) is 7.14. The quantitative estimate of drug-likeness (QED) is 0.423. The molecule has 1 heterocycles. The summed E-state index contributed by atoms with van der Waals surface area (Å²) in [6.45, 7) is -0.184. The van der Waals surface area contributed by atoms with Gasteiger partial charge >= 0.3 is 0 Å². The zero-order chi connectivity index (χ0) is 18.1. The maximum absolute atomic E-state index is 12.4. The van der Waals surface area contributed by atoms with Gasteiger partial charge in [0.1, 0.15) is 6.54 Å². The monoisotopic (exact) mass is 369 g/mol. The average molecular weight is 369 g/mol. The highest BCUT2D eigenvalue weighted by atomic mass is 32.1. The molecule has 26 heavy (non-hydrogen) atoms. The van der Waals surface area contributed by atoms with Crippen LogP contribution in [0.25, 0.3) is 10.8 Å². The van der Waals surface area contributed by atoms with Gasteiger partial charge in [-0.3, -0.25) is 20.4 Å². The Morgan fingerprint density at radius 1 is 1.23 bits per heavy atom. The Balaban J connectivity index is 1.31. The number of rotatable bonds is 3. The van der Waals surface area contributed by atoms with Gasteiger partial charge in [-0.05, 0) is 43.0 Å². The third kappa shape index (κ3) is 3.32. The van der Waals surface area contributed by atoms with Crippen LogP contribution in [0.5, 0.6) is 0 Å². The van der Waals surface area contributed by atoms with Gasteiger partial charge in [-0.2, -0.15) is 5.10 Å². The molecule has 2 aromatic rings. The minimum absolute atomic E-state index is 0.184. The number of nitrogens with one attached hydrogen (secondary N) is 3. The Morgan fingerprint density at radius 2 is 2.08 bits per heavy atom. The Labute approximate surface area is 155 Å². The first-order chi connectivity index (χ1) is 12.6. The van der Waals surface area contributed by atoms with Crippen molar-refractivity contribution in [2.45, 2.75) is 25.4 Å². The van der Waals surface area contributed by atoms with E-state index in [-0.39, 0.29) is 12.1 Å². The lowest BCUT2D eigenvalue weighted by molar-refractivity contribution is -0.122. The molecule has 1 amide bonds. The summed E-state index contributed by atoms with van der Waals surface area (Å²) in [5, 5.41) is 8.94. The van der Waals surface area contributed by atoms with Gasteiger partial charge in [0.25, 0.3) is 11.5 Å². The summed E-state index contributed by atoms with van der Waals surface area (Å²) < 4.78 is 1.14. The van der Waals surface area contributed by atoms with E-state index in [0.717, 1.165) is 16.5 Å². The summed E-state index contributed by atoms with van der Waals surface area (Å²) in [7, 11) is 0. The van der Waals surface area contributed by atoms with Crippen LogP contribution in [0.15, 0.2) is 47.4 Å². The van der Waals surface area contributed by atoms with Crippen LogP contribution in [0, 0.1) is 11.8 Å². The lowest BCUT2D eigenvalue weighted by Crippen LogP contribution is -2.51. The molecule has 1 aromatic heterocycles. The van der Waals surface area contributed by atoms with Crippen molar-refractivity contribution in [3.05, 3.63) is 53.0 Å². The normalized spacial score (nSPS) is 23.2. The van der Waals surface area contributed by atoms with E-state index >= 15 is 0 Å². The van der Waals surface area contributed by atoms with Gasteiger partial charge in [0.2, 0.25) is 0 Å². The second-order valence-electron chi connectivity index (χ2n) is 6.73. The van der Waals surface area contributed by atoms with E-state index in [1.165, 1.54) is 6.42 Å². The van der Waals surface area contributed by atoms with Crippen LogP contribution in [0.1, 0.15) is 12.8 Å². The van der Waals surface area contributed by atoms with Gasteiger partial charge in [-0.15, -0.1) is 0 Å². The van der Waals surface area contributed by atoms with Crippen LogP contribution in [-0.2, 0) is 11.3 Å². The molecule has 0 spiro atoms. The SMILES string of the molecule is O=C(Cn1ncc2ccccc2c1=O)NNC(=S)N[C@H]1C[C@H]2C=C[C@@H]1C2. The molecular formula is C18H19N5O2S. The van der Waals surface area contributed by atoms with E-state index in [1.54, 1.807) is 18.3 Å². The molecule has 1 aromatic carbocycles. The minimum Gasteiger partial charge on any atom is -0.358 e. The van der Waals surface area contributed by atoms with Crippen LogP contribution in [-0.4, -0.2) is 26.8 Å². The van der Waals surface area contributed by atoms with Crippen LogP contribution < -0.4 is 21.7 Å². The molecule has 1 fully saturated rings. The maximum Gasteiger partial charge on any atom is 0.275 e. The number of thiocarbonyl (C=S) groups is 1. The van der Waals surface area contributed by atoms with Gasteiger partial charge in [0.05, 0.1) is 11.6 Å². The minimum atomic E-state index is -0.396. The van der Waals surface area contributed by atoms with E-state index in [9.17, 15) is 9.59 Å². The lowest BCUT2D eigenvalue weighted by atomic mass is 10.0. The summed E-state index contributed by atoms with van der Waals surface area (Å²) in [5.74, 6) is 0.753. The molecule has 134 valence electrons. The van der Waals surface area contributed by atoms with Gasteiger partial charge in [-0.1, -0.05) is 30.4 Å². The van der Waals surface area contributed by atoms with Crippen molar-refractivity contribution in [3.63, 3.8) is 0 Å². The summed E-state index contributed by atoms with van der Waals surface area (Å²) >= 11 is 5.23. The van der Waals surface area contributed by atoms with Crippen molar-refractivity contribution in [1.82, 2.24) is 25.9 Å². The van der Waals surface area contributed by atoms with Gasteiger partial charge in [-0.25, -0.2) is 4.68 Å².